The van der Waals surface area contributed by atoms with Crippen molar-refractivity contribution < 1.29 is 8.94 Å². The molecule has 1 fully saturated rings. The van der Waals surface area contributed by atoms with E-state index in [1.807, 2.05) is 6.07 Å². The lowest BCUT2D eigenvalue weighted by Crippen LogP contribution is -2.05. The van der Waals surface area contributed by atoms with Crippen molar-refractivity contribution in [3.8, 4) is 11.5 Å². The molecule has 0 aromatic carbocycles. The highest BCUT2D eigenvalue weighted by atomic mass is 35.5. The third-order valence-corrected chi connectivity index (χ3v) is 3.51. The monoisotopic (exact) mass is 283 g/mol. The molecule has 0 aliphatic heterocycles. The Labute approximate surface area is 118 Å². The summed E-state index contributed by atoms with van der Waals surface area (Å²) < 4.78 is 10.6. The standard InChI is InChI=1S/C13H17N3O2.ClH/c14-7-11-6-10(8-17-11)13-15-12(16-18-13)9-4-2-1-3-5-9;/h6,8-9H,1-5,7,14H2;1H. The molecule has 104 valence electrons. The lowest BCUT2D eigenvalue weighted by molar-refractivity contribution is 0.385. The number of nitrogens with two attached hydrogens (primary N) is 1. The molecule has 2 aromatic rings. The SMILES string of the molecule is Cl.NCc1cc(-c2nc(C3CCCCC3)no2)co1. The summed E-state index contributed by atoms with van der Waals surface area (Å²) in [6.07, 6.45) is 7.79. The molecule has 5 nitrogen and oxygen atoms in total. The fraction of sp³-hybridized carbons (Fsp3) is 0.538. The topological polar surface area (TPSA) is 78.1 Å². The predicted octanol–water partition coefficient (Wildman–Crippen LogP) is 3.26. The van der Waals surface area contributed by atoms with E-state index in [9.17, 15) is 0 Å². The first-order chi connectivity index (χ1) is 8.86. The number of rotatable bonds is 3. The minimum absolute atomic E-state index is 0. The Morgan fingerprint density at radius 2 is 2.05 bits per heavy atom. The van der Waals surface area contributed by atoms with E-state index in [0.717, 1.165) is 17.1 Å². The van der Waals surface area contributed by atoms with Gasteiger partial charge in [0.25, 0.3) is 5.89 Å². The highest BCUT2D eigenvalue weighted by Crippen LogP contribution is 2.32. The number of nitrogens with zero attached hydrogens (tertiary/aromatic N) is 2. The normalized spacial score (nSPS) is 16.3. The molecule has 0 saturated heterocycles. The maximum Gasteiger partial charge on any atom is 0.261 e. The molecule has 0 amide bonds. The molecule has 2 aromatic heterocycles. The van der Waals surface area contributed by atoms with Gasteiger partial charge in [0.05, 0.1) is 12.1 Å². The van der Waals surface area contributed by atoms with Crippen molar-refractivity contribution in [3.05, 3.63) is 23.9 Å². The molecule has 6 heteroatoms. The Morgan fingerprint density at radius 1 is 1.26 bits per heavy atom. The number of aromatic nitrogens is 2. The second kappa shape index (κ2) is 6.21. The molecule has 2 heterocycles. The smallest absolute Gasteiger partial charge is 0.261 e. The molecule has 1 aliphatic rings. The van der Waals surface area contributed by atoms with E-state index in [1.165, 1.54) is 32.1 Å². The molecule has 1 saturated carbocycles. The van der Waals surface area contributed by atoms with Gasteiger partial charge in [-0.1, -0.05) is 24.4 Å². The van der Waals surface area contributed by atoms with Crippen LogP contribution in [-0.2, 0) is 6.54 Å². The average Bonchev–Trinajstić information content (AvgIpc) is 3.08. The van der Waals surface area contributed by atoms with Gasteiger partial charge in [0.1, 0.15) is 12.0 Å². The molecule has 0 spiro atoms. The van der Waals surface area contributed by atoms with E-state index in [1.54, 1.807) is 6.26 Å². The van der Waals surface area contributed by atoms with Gasteiger partial charge in [0, 0.05) is 5.92 Å². The Balaban J connectivity index is 0.00000133. The minimum atomic E-state index is 0. The summed E-state index contributed by atoms with van der Waals surface area (Å²) >= 11 is 0. The Hall–Kier alpha value is -1.33. The molecule has 0 unspecified atom stereocenters. The predicted molar refractivity (Wildman–Crippen MR) is 73.0 cm³/mol. The first-order valence-electron chi connectivity index (χ1n) is 6.48. The molecule has 0 radical (unpaired) electrons. The van der Waals surface area contributed by atoms with Crippen molar-refractivity contribution in [3.63, 3.8) is 0 Å². The first kappa shape index (κ1) is 14.1. The van der Waals surface area contributed by atoms with Crippen molar-refractivity contribution >= 4 is 12.4 Å². The van der Waals surface area contributed by atoms with Crippen LogP contribution in [0, 0.1) is 0 Å². The highest BCUT2D eigenvalue weighted by Gasteiger charge is 2.21. The molecule has 1 aliphatic carbocycles. The van der Waals surface area contributed by atoms with E-state index in [0.29, 0.717) is 18.4 Å². The van der Waals surface area contributed by atoms with Crippen molar-refractivity contribution in [1.82, 2.24) is 10.1 Å². The van der Waals surface area contributed by atoms with E-state index in [2.05, 4.69) is 10.1 Å². The number of halogens is 1. The van der Waals surface area contributed by atoms with Gasteiger partial charge < -0.3 is 14.7 Å². The maximum atomic E-state index is 5.50. The quantitative estimate of drug-likeness (QED) is 0.935. The lowest BCUT2D eigenvalue weighted by Gasteiger charge is -2.17. The third kappa shape index (κ3) is 2.98. The second-order valence-electron chi connectivity index (χ2n) is 4.80. The van der Waals surface area contributed by atoms with E-state index in [4.69, 9.17) is 14.7 Å². The minimum Gasteiger partial charge on any atom is -0.467 e. The molecular formula is C13H18ClN3O2. The van der Waals surface area contributed by atoms with Gasteiger partial charge in [-0.25, -0.2) is 0 Å². The van der Waals surface area contributed by atoms with Crippen LogP contribution in [0.5, 0.6) is 0 Å². The lowest BCUT2D eigenvalue weighted by atomic mass is 9.89. The van der Waals surface area contributed by atoms with Gasteiger partial charge >= 0.3 is 0 Å². The maximum absolute atomic E-state index is 5.50. The fourth-order valence-corrected chi connectivity index (χ4v) is 2.48. The van der Waals surface area contributed by atoms with E-state index >= 15 is 0 Å². The number of hydrogen-bond donors (Lipinski definition) is 1. The zero-order valence-corrected chi connectivity index (χ0v) is 11.5. The molecular weight excluding hydrogens is 266 g/mol. The van der Waals surface area contributed by atoms with Gasteiger partial charge in [-0.15, -0.1) is 12.4 Å². The van der Waals surface area contributed by atoms with Gasteiger partial charge in [-0.05, 0) is 18.9 Å². The summed E-state index contributed by atoms with van der Waals surface area (Å²) in [6, 6.07) is 1.85. The summed E-state index contributed by atoms with van der Waals surface area (Å²) in [5.74, 6) is 2.54. The Kier molecular flexibility index (Phi) is 4.61. The van der Waals surface area contributed by atoms with Crippen LogP contribution < -0.4 is 5.73 Å². The van der Waals surface area contributed by atoms with Crippen molar-refractivity contribution in [1.29, 1.82) is 0 Å². The van der Waals surface area contributed by atoms with Crippen LogP contribution in [-0.4, -0.2) is 10.1 Å². The summed E-state index contributed by atoms with van der Waals surface area (Å²) in [7, 11) is 0. The Morgan fingerprint density at radius 3 is 2.74 bits per heavy atom. The van der Waals surface area contributed by atoms with Crippen LogP contribution in [0.3, 0.4) is 0 Å². The average molecular weight is 284 g/mol. The largest absolute Gasteiger partial charge is 0.467 e. The van der Waals surface area contributed by atoms with Crippen molar-refractivity contribution in [2.24, 2.45) is 5.73 Å². The third-order valence-electron chi connectivity index (χ3n) is 3.51. The number of furan rings is 1. The highest BCUT2D eigenvalue weighted by molar-refractivity contribution is 5.85. The zero-order valence-electron chi connectivity index (χ0n) is 10.7. The van der Waals surface area contributed by atoms with Gasteiger partial charge in [0.2, 0.25) is 0 Å². The Bertz CT molecular complexity index is 517. The summed E-state index contributed by atoms with van der Waals surface area (Å²) in [5.41, 5.74) is 6.31. The summed E-state index contributed by atoms with van der Waals surface area (Å²) in [4.78, 5) is 4.47. The van der Waals surface area contributed by atoms with Crippen molar-refractivity contribution in [2.45, 2.75) is 44.6 Å². The zero-order chi connectivity index (χ0) is 12.4. The fourth-order valence-electron chi connectivity index (χ4n) is 2.48. The molecule has 0 bridgehead atoms. The van der Waals surface area contributed by atoms with Gasteiger partial charge in [0.15, 0.2) is 5.82 Å². The van der Waals surface area contributed by atoms with Crippen LogP contribution in [0.4, 0.5) is 0 Å². The first-order valence-corrected chi connectivity index (χ1v) is 6.48. The van der Waals surface area contributed by atoms with E-state index < -0.39 is 0 Å². The van der Waals surface area contributed by atoms with E-state index in [-0.39, 0.29) is 12.4 Å². The van der Waals surface area contributed by atoms with Crippen LogP contribution >= 0.6 is 12.4 Å². The molecule has 19 heavy (non-hydrogen) atoms. The van der Waals surface area contributed by atoms with Gasteiger partial charge in [-0.3, -0.25) is 0 Å². The molecule has 0 atom stereocenters. The van der Waals surface area contributed by atoms with Crippen LogP contribution in [0.1, 0.15) is 49.6 Å². The molecule has 2 N–H and O–H groups in total. The molecule has 3 rings (SSSR count). The summed E-state index contributed by atoms with van der Waals surface area (Å²) in [6.45, 7) is 0.379. The summed E-state index contributed by atoms with van der Waals surface area (Å²) in [5, 5.41) is 4.09. The van der Waals surface area contributed by atoms with Gasteiger partial charge in [-0.2, -0.15) is 4.98 Å². The van der Waals surface area contributed by atoms with Crippen molar-refractivity contribution in [2.75, 3.05) is 0 Å². The van der Waals surface area contributed by atoms with Crippen LogP contribution in [0.15, 0.2) is 21.3 Å². The van der Waals surface area contributed by atoms with Crippen LogP contribution in [0.2, 0.25) is 0 Å². The second-order valence-corrected chi connectivity index (χ2v) is 4.80. The number of hydrogen-bond acceptors (Lipinski definition) is 5. The van der Waals surface area contributed by atoms with Crippen LogP contribution in [0.25, 0.3) is 11.5 Å².